The standard InChI is InChI=1S/C2H4O2.CH4N2O.Zn/c1-2(3)4;2-1(3)4;/h1H3,(H,3,4);(H4,2,3,4);. The minimum absolute atomic E-state index is 0. The number of hydrogen-bond donors (Lipinski definition) is 3. The predicted octanol–water partition coefficient (Wildman–Crippen LogP) is -0.888. The summed E-state index contributed by atoms with van der Waals surface area (Å²) in [4.78, 5) is 18.0. The quantitative estimate of drug-likeness (QED) is 0.426. The molecule has 5 nitrogen and oxygen atoms in total. The van der Waals surface area contributed by atoms with Crippen LogP contribution in [0, 0.1) is 0 Å². The summed E-state index contributed by atoms with van der Waals surface area (Å²) in [5.74, 6) is -0.833. The zero-order chi connectivity index (χ0) is 7.15. The molecule has 0 spiro atoms. The van der Waals surface area contributed by atoms with Crippen LogP contribution in [0.2, 0.25) is 0 Å². The molecule has 0 radical (unpaired) electrons. The molecule has 0 heterocycles. The van der Waals surface area contributed by atoms with E-state index < -0.39 is 12.0 Å². The van der Waals surface area contributed by atoms with Crippen molar-refractivity contribution in [3.05, 3.63) is 0 Å². The van der Waals surface area contributed by atoms with Crippen molar-refractivity contribution in [1.29, 1.82) is 0 Å². The second kappa shape index (κ2) is 10.4. The number of urea groups is 1. The summed E-state index contributed by atoms with van der Waals surface area (Å²) in [5, 5.41) is 7.42. The van der Waals surface area contributed by atoms with E-state index in [0.717, 1.165) is 6.92 Å². The molecule has 9 heavy (non-hydrogen) atoms. The molecule has 2 amide bonds. The SMILES string of the molecule is CC(=O)O.NC(N)=O.[Zn]. The molecule has 0 aliphatic rings. The van der Waals surface area contributed by atoms with Crippen molar-refractivity contribution in [3.63, 3.8) is 0 Å². The van der Waals surface area contributed by atoms with Crippen molar-refractivity contribution in [1.82, 2.24) is 0 Å². The van der Waals surface area contributed by atoms with E-state index in [0.29, 0.717) is 0 Å². The van der Waals surface area contributed by atoms with Crippen LogP contribution in [0.25, 0.3) is 0 Å². The Hall–Kier alpha value is -0.637. The monoisotopic (exact) mass is 184 g/mol. The largest absolute Gasteiger partial charge is 0.481 e. The number of carbonyl (C=O) groups excluding carboxylic acids is 1. The summed E-state index contributed by atoms with van der Waals surface area (Å²) < 4.78 is 0. The average molecular weight is 185 g/mol. The second-order valence-corrected chi connectivity index (χ2v) is 0.921. The fraction of sp³-hybridized carbons (Fsp3) is 0.333. The number of aliphatic carboxylic acids is 1. The normalized spacial score (nSPS) is 5.44. The molecule has 6 heteroatoms. The molecular weight excluding hydrogens is 177 g/mol. The van der Waals surface area contributed by atoms with Gasteiger partial charge in [0.2, 0.25) is 0 Å². The van der Waals surface area contributed by atoms with Crippen LogP contribution < -0.4 is 11.5 Å². The van der Waals surface area contributed by atoms with Crippen LogP contribution in [0.4, 0.5) is 4.79 Å². The van der Waals surface area contributed by atoms with Gasteiger partial charge in [0, 0.05) is 26.4 Å². The summed E-state index contributed by atoms with van der Waals surface area (Å²) in [6.07, 6.45) is 0. The van der Waals surface area contributed by atoms with Crippen LogP contribution in [0.15, 0.2) is 0 Å². The average Bonchev–Trinajstić information content (AvgIpc) is 1.25. The summed E-state index contributed by atoms with van der Waals surface area (Å²) in [7, 11) is 0. The number of amides is 2. The van der Waals surface area contributed by atoms with Crippen LogP contribution in [0.1, 0.15) is 6.92 Å². The number of carboxylic acids is 1. The van der Waals surface area contributed by atoms with Crippen molar-refractivity contribution in [2.75, 3.05) is 0 Å². The van der Waals surface area contributed by atoms with Gasteiger partial charge in [-0.2, -0.15) is 0 Å². The van der Waals surface area contributed by atoms with Gasteiger partial charge < -0.3 is 16.6 Å². The molecule has 0 bridgehead atoms. The van der Waals surface area contributed by atoms with E-state index in [9.17, 15) is 0 Å². The minimum atomic E-state index is -0.833. The summed E-state index contributed by atoms with van der Waals surface area (Å²) in [5.41, 5.74) is 8.50. The van der Waals surface area contributed by atoms with Crippen molar-refractivity contribution >= 4 is 12.0 Å². The van der Waals surface area contributed by atoms with E-state index in [1.54, 1.807) is 0 Å². The number of nitrogens with two attached hydrogens (primary N) is 2. The van der Waals surface area contributed by atoms with Gasteiger partial charge in [0.05, 0.1) is 0 Å². The summed E-state index contributed by atoms with van der Waals surface area (Å²) in [6.45, 7) is 1.08. The third kappa shape index (κ3) is 523. The first-order valence-corrected chi connectivity index (χ1v) is 1.71. The molecule has 0 aromatic carbocycles. The molecule has 0 aliphatic carbocycles. The molecule has 0 saturated heterocycles. The first-order valence-electron chi connectivity index (χ1n) is 1.71. The van der Waals surface area contributed by atoms with Crippen LogP contribution in [-0.2, 0) is 24.3 Å². The predicted molar refractivity (Wildman–Crippen MR) is 27.1 cm³/mol. The number of rotatable bonds is 0. The number of primary amides is 2. The fourth-order valence-electron chi connectivity index (χ4n) is 0. The molecule has 0 saturated carbocycles. The van der Waals surface area contributed by atoms with Gasteiger partial charge >= 0.3 is 6.03 Å². The minimum Gasteiger partial charge on any atom is -0.481 e. The molecule has 0 aromatic heterocycles. The summed E-state index contributed by atoms with van der Waals surface area (Å²) >= 11 is 0. The Balaban J connectivity index is -0.0000000720. The summed E-state index contributed by atoms with van der Waals surface area (Å²) in [6, 6.07) is -0.833. The smallest absolute Gasteiger partial charge is 0.309 e. The Kier molecular flexibility index (Phi) is 18.2. The van der Waals surface area contributed by atoms with Crippen LogP contribution >= 0.6 is 0 Å². The van der Waals surface area contributed by atoms with E-state index in [-0.39, 0.29) is 19.5 Å². The van der Waals surface area contributed by atoms with Crippen molar-refractivity contribution < 1.29 is 34.2 Å². The molecule has 0 atom stereocenters. The molecule has 0 aromatic rings. The Morgan fingerprint density at radius 1 is 1.33 bits per heavy atom. The van der Waals surface area contributed by atoms with E-state index >= 15 is 0 Å². The Labute approximate surface area is 65.2 Å². The third-order valence-electron chi connectivity index (χ3n) is 0. The van der Waals surface area contributed by atoms with Gasteiger partial charge in [-0.25, -0.2) is 4.79 Å². The maximum Gasteiger partial charge on any atom is 0.309 e. The molecular formula is C3H8N2O3Zn. The first-order chi connectivity index (χ1) is 3.46. The maximum absolute atomic E-state index is 9.00. The van der Waals surface area contributed by atoms with Crippen LogP contribution in [0.5, 0.6) is 0 Å². The number of carbonyl (C=O) groups is 2. The van der Waals surface area contributed by atoms with E-state index in [2.05, 4.69) is 11.5 Å². The number of carboxylic acid groups (broad SMARTS) is 1. The van der Waals surface area contributed by atoms with Crippen LogP contribution in [0.3, 0.4) is 0 Å². The zero-order valence-electron chi connectivity index (χ0n) is 5.13. The molecule has 0 rings (SSSR count). The van der Waals surface area contributed by atoms with Gasteiger partial charge in [0.25, 0.3) is 5.97 Å². The molecule has 0 fully saturated rings. The zero-order valence-corrected chi connectivity index (χ0v) is 8.09. The topological polar surface area (TPSA) is 106 Å². The van der Waals surface area contributed by atoms with Gasteiger partial charge in [-0.1, -0.05) is 0 Å². The van der Waals surface area contributed by atoms with Gasteiger partial charge in [-0.05, 0) is 0 Å². The van der Waals surface area contributed by atoms with E-state index in [1.165, 1.54) is 0 Å². The van der Waals surface area contributed by atoms with E-state index in [1.807, 2.05) is 0 Å². The van der Waals surface area contributed by atoms with Gasteiger partial charge in [0.15, 0.2) is 0 Å². The molecule has 0 aliphatic heterocycles. The van der Waals surface area contributed by atoms with Gasteiger partial charge in [-0.15, -0.1) is 0 Å². The second-order valence-electron chi connectivity index (χ2n) is 0.921. The third-order valence-corrected chi connectivity index (χ3v) is 0. The van der Waals surface area contributed by atoms with Crippen LogP contribution in [-0.4, -0.2) is 17.1 Å². The first kappa shape index (κ1) is 15.8. The van der Waals surface area contributed by atoms with Crippen molar-refractivity contribution in [3.8, 4) is 0 Å². The Morgan fingerprint density at radius 2 is 1.33 bits per heavy atom. The maximum atomic E-state index is 9.00. The molecule has 0 unspecified atom stereocenters. The Morgan fingerprint density at radius 3 is 1.33 bits per heavy atom. The van der Waals surface area contributed by atoms with Gasteiger partial charge in [0.1, 0.15) is 0 Å². The van der Waals surface area contributed by atoms with Crippen molar-refractivity contribution in [2.45, 2.75) is 6.92 Å². The van der Waals surface area contributed by atoms with Crippen molar-refractivity contribution in [2.24, 2.45) is 11.5 Å². The fourth-order valence-corrected chi connectivity index (χ4v) is 0. The molecule has 5 N–H and O–H groups in total. The molecule has 50 valence electrons. The Bertz CT molecular complexity index is 75.1. The number of hydrogen-bond acceptors (Lipinski definition) is 2. The van der Waals surface area contributed by atoms with Gasteiger partial charge in [-0.3, -0.25) is 4.79 Å². The van der Waals surface area contributed by atoms with E-state index in [4.69, 9.17) is 14.7 Å².